The average Bonchev–Trinajstić information content (AvgIpc) is 2.94. The molecule has 0 radical (unpaired) electrons. The van der Waals surface area contributed by atoms with Crippen molar-refractivity contribution in [1.82, 2.24) is 24.3 Å². The highest BCUT2D eigenvalue weighted by Crippen LogP contribution is 2.17. The first kappa shape index (κ1) is 17.9. The summed E-state index contributed by atoms with van der Waals surface area (Å²) in [6.45, 7) is 5.94. The van der Waals surface area contributed by atoms with Crippen LogP contribution >= 0.6 is 11.8 Å². The first-order valence-electron chi connectivity index (χ1n) is 7.88. The van der Waals surface area contributed by atoms with E-state index in [9.17, 15) is 9.59 Å². The Morgan fingerprint density at radius 3 is 2.88 bits per heavy atom. The molecule has 3 aromatic heterocycles. The van der Waals surface area contributed by atoms with E-state index in [-0.39, 0.29) is 24.4 Å². The molecule has 3 rings (SSSR count). The van der Waals surface area contributed by atoms with Gasteiger partial charge in [0.15, 0.2) is 22.3 Å². The number of pyridine rings is 1. The Labute approximate surface area is 153 Å². The monoisotopic (exact) mass is 371 g/mol. The van der Waals surface area contributed by atoms with Gasteiger partial charge >= 0.3 is 5.97 Å². The van der Waals surface area contributed by atoms with Crippen molar-refractivity contribution in [3.05, 3.63) is 53.1 Å². The van der Waals surface area contributed by atoms with Crippen LogP contribution in [0.1, 0.15) is 17.4 Å². The number of hydrogen-bond donors (Lipinski definition) is 0. The Balaban J connectivity index is 2.27. The average molecular weight is 371 g/mol. The fourth-order valence-electron chi connectivity index (χ4n) is 2.49. The van der Waals surface area contributed by atoms with Crippen LogP contribution in [-0.4, -0.2) is 43.1 Å². The predicted octanol–water partition coefficient (Wildman–Crippen LogP) is 2.06. The highest BCUT2D eigenvalue weighted by molar-refractivity contribution is 7.98. The van der Waals surface area contributed by atoms with Gasteiger partial charge in [0, 0.05) is 6.20 Å². The summed E-state index contributed by atoms with van der Waals surface area (Å²) in [4.78, 5) is 37.7. The number of esters is 1. The largest absolute Gasteiger partial charge is 0.461 e. The van der Waals surface area contributed by atoms with Crippen LogP contribution < -0.4 is 5.56 Å². The third kappa shape index (κ3) is 3.13. The van der Waals surface area contributed by atoms with Gasteiger partial charge in [0.25, 0.3) is 5.56 Å². The maximum atomic E-state index is 12.7. The van der Waals surface area contributed by atoms with E-state index in [1.54, 1.807) is 35.9 Å². The SMILES string of the molecule is C=CCn1c(=O)c2cnc(SC)nc2n1-c1cccc(C(=O)OCC)n1. The molecule has 0 atom stereocenters. The lowest BCUT2D eigenvalue weighted by Gasteiger charge is -2.11. The molecule has 0 N–H and O–H groups in total. The molecule has 0 unspecified atom stereocenters. The number of rotatable bonds is 6. The minimum Gasteiger partial charge on any atom is -0.461 e. The highest BCUT2D eigenvalue weighted by Gasteiger charge is 2.18. The molecule has 26 heavy (non-hydrogen) atoms. The lowest BCUT2D eigenvalue weighted by Crippen LogP contribution is -2.22. The Morgan fingerprint density at radius 2 is 2.19 bits per heavy atom. The number of aromatic nitrogens is 5. The van der Waals surface area contributed by atoms with Gasteiger partial charge in [-0.2, -0.15) is 0 Å². The molecular formula is C17H17N5O3S. The second-order valence-electron chi connectivity index (χ2n) is 5.18. The van der Waals surface area contributed by atoms with Crippen LogP contribution in [0.15, 0.2) is 47.0 Å². The van der Waals surface area contributed by atoms with E-state index >= 15 is 0 Å². The van der Waals surface area contributed by atoms with Crippen LogP contribution in [0.5, 0.6) is 0 Å². The summed E-state index contributed by atoms with van der Waals surface area (Å²) < 4.78 is 8.03. The molecule has 3 aromatic rings. The summed E-state index contributed by atoms with van der Waals surface area (Å²) in [6, 6.07) is 4.94. The number of carbonyl (C=O) groups excluding carboxylic acids is 1. The van der Waals surface area contributed by atoms with Crippen LogP contribution in [0.25, 0.3) is 16.9 Å². The summed E-state index contributed by atoms with van der Waals surface area (Å²) in [5, 5.41) is 0.900. The van der Waals surface area contributed by atoms with Crippen molar-refractivity contribution in [3.8, 4) is 5.82 Å². The first-order chi connectivity index (χ1) is 12.6. The first-order valence-corrected chi connectivity index (χ1v) is 9.11. The van der Waals surface area contributed by atoms with Crippen LogP contribution in [0.4, 0.5) is 0 Å². The predicted molar refractivity (Wildman–Crippen MR) is 98.9 cm³/mol. The van der Waals surface area contributed by atoms with Crippen LogP contribution in [0.3, 0.4) is 0 Å². The fourth-order valence-corrected chi connectivity index (χ4v) is 2.83. The summed E-state index contributed by atoms with van der Waals surface area (Å²) in [5.74, 6) is -0.141. The molecule has 134 valence electrons. The van der Waals surface area contributed by atoms with E-state index < -0.39 is 5.97 Å². The molecule has 0 bridgehead atoms. The summed E-state index contributed by atoms with van der Waals surface area (Å²) in [7, 11) is 0. The van der Waals surface area contributed by atoms with Gasteiger partial charge < -0.3 is 4.74 Å². The Kier molecular flexibility index (Phi) is 5.17. The second kappa shape index (κ2) is 7.52. The summed E-state index contributed by atoms with van der Waals surface area (Å²) in [5.41, 5.74) is 0.323. The fraction of sp³-hybridized carbons (Fsp3) is 0.235. The zero-order valence-electron chi connectivity index (χ0n) is 14.4. The molecule has 0 aliphatic heterocycles. The van der Waals surface area contributed by atoms with Crippen molar-refractivity contribution in [2.45, 2.75) is 18.6 Å². The van der Waals surface area contributed by atoms with Crippen molar-refractivity contribution in [1.29, 1.82) is 0 Å². The zero-order valence-corrected chi connectivity index (χ0v) is 15.2. The normalized spacial score (nSPS) is 10.8. The standard InChI is InChI=1S/C17H17N5O3S/c1-4-9-21-15(23)11-10-18-17(26-3)20-14(11)22(21)13-8-6-7-12(19-13)16(24)25-5-2/h4,6-8,10H,1,5,9H2,2-3H3. The topological polar surface area (TPSA) is 91.9 Å². The van der Waals surface area contributed by atoms with Crippen LogP contribution in [0.2, 0.25) is 0 Å². The van der Waals surface area contributed by atoms with Gasteiger partial charge in [-0.15, -0.1) is 6.58 Å². The number of carbonyl (C=O) groups is 1. The van der Waals surface area contributed by atoms with Gasteiger partial charge in [0.05, 0.1) is 13.2 Å². The number of allylic oxidation sites excluding steroid dienone is 1. The second-order valence-corrected chi connectivity index (χ2v) is 5.96. The van der Waals surface area contributed by atoms with Gasteiger partial charge in [-0.3, -0.25) is 4.79 Å². The molecule has 0 fully saturated rings. The third-order valence-corrected chi connectivity index (χ3v) is 4.14. The maximum absolute atomic E-state index is 12.7. The van der Waals surface area contributed by atoms with Gasteiger partial charge in [-0.1, -0.05) is 23.9 Å². The molecule has 0 spiro atoms. The molecular weight excluding hydrogens is 354 g/mol. The molecule has 0 saturated carbocycles. The molecule has 0 aromatic carbocycles. The number of hydrogen-bond acceptors (Lipinski definition) is 7. The van der Waals surface area contributed by atoms with E-state index in [2.05, 4.69) is 21.5 Å². The molecule has 9 heteroatoms. The van der Waals surface area contributed by atoms with Gasteiger partial charge in [0.2, 0.25) is 0 Å². The quantitative estimate of drug-likeness (QED) is 0.283. The number of nitrogens with zero attached hydrogens (tertiary/aromatic N) is 5. The lowest BCUT2D eigenvalue weighted by molar-refractivity contribution is 0.0519. The Hall–Kier alpha value is -2.94. The molecule has 0 saturated heterocycles. The van der Waals surface area contributed by atoms with Gasteiger partial charge in [0.1, 0.15) is 5.39 Å². The van der Waals surface area contributed by atoms with E-state index in [1.807, 2.05) is 6.26 Å². The highest BCUT2D eigenvalue weighted by atomic mass is 32.2. The van der Waals surface area contributed by atoms with E-state index in [0.717, 1.165) is 0 Å². The maximum Gasteiger partial charge on any atom is 0.356 e. The molecule has 0 aliphatic carbocycles. The van der Waals surface area contributed by atoms with Crippen LogP contribution in [0, 0.1) is 0 Å². The van der Waals surface area contributed by atoms with Gasteiger partial charge in [-0.25, -0.2) is 29.1 Å². The van der Waals surface area contributed by atoms with E-state index in [0.29, 0.717) is 22.0 Å². The number of thioether (sulfide) groups is 1. The molecule has 3 heterocycles. The summed E-state index contributed by atoms with van der Waals surface area (Å²) in [6.07, 6.45) is 4.96. The molecule has 0 amide bonds. The van der Waals surface area contributed by atoms with E-state index in [4.69, 9.17) is 4.74 Å². The molecule has 0 aliphatic rings. The smallest absolute Gasteiger partial charge is 0.356 e. The van der Waals surface area contributed by atoms with Crippen molar-refractivity contribution in [2.75, 3.05) is 12.9 Å². The zero-order chi connectivity index (χ0) is 18.7. The van der Waals surface area contributed by atoms with Crippen molar-refractivity contribution in [2.24, 2.45) is 0 Å². The minimum atomic E-state index is -0.525. The van der Waals surface area contributed by atoms with Gasteiger partial charge in [-0.05, 0) is 25.3 Å². The Morgan fingerprint density at radius 1 is 1.38 bits per heavy atom. The molecule has 8 nitrogen and oxygen atoms in total. The Bertz CT molecular complexity index is 1040. The van der Waals surface area contributed by atoms with Crippen molar-refractivity contribution >= 4 is 28.8 Å². The van der Waals surface area contributed by atoms with Crippen LogP contribution in [-0.2, 0) is 11.3 Å². The third-order valence-electron chi connectivity index (χ3n) is 3.57. The van der Waals surface area contributed by atoms with Crippen molar-refractivity contribution < 1.29 is 9.53 Å². The minimum absolute atomic E-state index is 0.156. The van der Waals surface area contributed by atoms with Crippen molar-refractivity contribution in [3.63, 3.8) is 0 Å². The number of ether oxygens (including phenoxy) is 1. The lowest BCUT2D eigenvalue weighted by atomic mass is 10.3. The van der Waals surface area contributed by atoms with E-state index in [1.165, 1.54) is 22.6 Å². The summed E-state index contributed by atoms with van der Waals surface area (Å²) >= 11 is 1.37. The number of fused-ring (bicyclic) bond motifs is 1.